The monoisotopic (exact) mass is 347 g/mol. The van der Waals surface area contributed by atoms with Crippen LogP contribution >= 0.6 is 11.8 Å². The molecule has 0 aliphatic rings. The number of carbonyl (C=O) groups is 2. The summed E-state index contributed by atoms with van der Waals surface area (Å²) in [7, 11) is 0. The fourth-order valence-electron chi connectivity index (χ4n) is 1.78. The molecule has 0 spiro atoms. The summed E-state index contributed by atoms with van der Waals surface area (Å²) >= 11 is 1.12. The number of hydrogen-bond acceptors (Lipinski definition) is 6. The van der Waals surface area contributed by atoms with Crippen LogP contribution in [0.15, 0.2) is 41.6 Å². The van der Waals surface area contributed by atoms with E-state index in [-0.39, 0.29) is 22.9 Å². The van der Waals surface area contributed by atoms with E-state index in [0.29, 0.717) is 10.7 Å². The van der Waals surface area contributed by atoms with E-state index in [4.69, 9.17) is 5.11 Å². The van der Waals surface area contributed by atoms with Crippen LogP contribution in [0.4, 0.5) is 11.4 Å². The van der Waals surface area contributed by atoms with Crippen LogP contribution in [0.3, 0.4) is 0 Å². The summed E-state index contributed by atoms with van der Waals surface area (Å²) in [6, 6.07) is 7.25. The van der Waals surface area contributed by atoms with E-state index >= 15 is 0 Å². The van der Waals surface area contributed by atoms with Crippen LogP contribution in [0, 0.1) is 17.0 Å². The number of carbonyl (C=O) groups excluding carboxylic acids is 1. The van der Waals surface area contributed by atoms with Gasteiger partial charge in [-0.1, -0.05) is 17.8 Å². The topological polar surface area (TPSA) is 122 Å². The van der Waals surface area contributed by atoms with Crippen molar-refractivity contribution in [3.05, 3.63) is 57.8 Å². The van der Waals surface area contributed by atoms with E-state index in [0.717, 1.165) is 23.5 Å². The van der Waals surface area contributed by atoms with Crippen LogP contribution in [0.2, 0.25) is 0 Å². The van der Waals surface area contributed by atoms with Crippen molar-refractivity contribution in [1.29, 1.82) is 0 Å². The Morgan fingerprint density at radius 2 is 2.08 bits per heavy atom. The van der Waals surface area contributed by atoms with E-state index < -0.39 is 10.9 Å². The van der Waals surface area contributed by atoms with Gasteiger partial charge in [0.05, 0.1) is 21.3 Å². The number of hydrogen-bond donors (Lipinski definition) is 2. The first kappa shape index (κ1) is 17.4. The quantitative estimate of drug-likeness (QED) is 0.468. The molecule has 2 aromatic rings. The molecule has 0 saturated carbocycles. The van der Waals surface area contributed by atoms with Gasteiger partial charge >= 0.3 is 5.97 Å². The average molecular weight is 347 g/mol. The Bertz CT molecular complexity index is 792. The third kappa shape index (κ3) is 4.53. The maximum atomic E-state index is 12.0. The molecule has 2 N–H and O–H groups in total. The maximum Gasteiger partial charge on any atom is 0.335 e. The zero-order chi connectivity index (χ0) is 17.7. The summed E-state index contributed by atoms with van der Waals surface area (Å²) in [5.74, 6) is -1.36. The van der Waals surface area contributed by atoms with Crippen LogP contribution in [-0.4, -0.2) is 32.6 Å². The Hall–Kier alpha value is -2.94. The summed E-state index contributed by atoms with van der Waals surface area (Å²) in [4.78, 5) is 36.8. The van der Waals surface area contributed by atoms with Gasteiger partial charge in [0, 0.05) is 11.8 Å². The molecule has 0 fully saturated rings. The second-order valence-electron chi connectivity index (χ2n) is 4.78. The Morgan fingerprint density at radius 1 is 1.33 bits per heavy atom. The number of aromatic carboxylic acids is 1. The van der Waals surface area contributed by atoms with Crippen molar-refractivity contribution in [2.24, 2.45) is 0 Å². The second-order valence-corrected chi connectivity index (χ2v) is 5.78. The number of nitrogens with one attached hydrogen (secondary N) is 1. The molecule has 9 heteroatoms. The van der Waals surface area contributed by atoms with Gasteiger partial charge in [-0.2, -0.15) is 0 Å². The number of aromatic nitrogens is 1. The van der Waals surface area contributed by atoms with E-state index in [2.05, 4.69) is 10.3 Å². The lowest BCUT2D eigenvalue weighted by Crippen LogP contribution is -2.15. The fraction of sp³-hybridized carbons (Fsp3) is 0.133. The minimum Gasteiger partial charge on any atom is -0.478 e. The highest BCUT2D eigenvalue weighted by Gasteiger charge is 2.11. The average Bonchev–Trinajstić information content (AvgIpc) is 2.55. The van der Waals surface area contributed by atoms with E-state index in [1.54, 1.807) is 13.0 Å². The number of nitro groups is 1. The molecule has 1 heterocycles. The summed E-state index contributed by atoms with van der Waals surface area (Å²) in [6.07, 6.45) is 1.13. The van der Waals surface area contributed by atoms with Crippen molar-refractivity contribution in [2.75, 3.05) is 11.1 Å². The van der Waals surface area contributed by atoms with Crippen molar-refractivity contribution in [1.82, 2.24) is 4.98 Å². The smallest absolute Gasteiger partial charge is 0.335 e. The number of amides is 1. The van der Waals surface area contributed by atoms with Gasteiger partial charge in [-0.15, -0.1) is 0 Å². The molecule has 0 aliphatic heterocycles. The Morgan fingerprint density at radius 3 is 2.67 bits per heavy atom. The summed E-state index contributed by atoms with van der Waals surface area (Å²) in [5, 5.41) is 22.6. The first-order valence-electron chi connectivity index (χ1n) is 6.74. The van der Waals surface area contributed by atoms with Gasteiger partial charge < -0.3 is 10.4 Å². The minimum absolute atomic E-state index is 0.0432. The van der Waals surface area contributed by atoms with Crippen molar-refractivity contribution in [3.63, 3.8) is 0 Å². The summed E-state index contributed by atoms with van der Waals surface area (Å²) in [6.45, 7) is 1.76. The highest BCUT2D eigenvalue weighted by molar-refractivity contribution is 7.99. The van der Waals surface area contributed by atoms with E-state index in [1.165, 1.54) is 24.3 Å². The number of anilines is 1. The van der Waals surface area contributed by atoms with Crippen LogP contribution < -0.4 is 5.32 Å². The fourth-order valence-corrected chi connectivity index (χ4v) is 2.42. The van der Waals surface area contributed by atoms with Gasteiger partial charge in [-0.3, -0.25) is 14.9 Å². The van der Waals surface area contributed by atoms with Crippen LogP contribution in [0.5, 0.6) is 0 Å². The zero-order valence-corrected chi connectivity index (χ0v) is 13.4. The van der Waals surface area contributed by atoms with Gasteiger partial charge in [-0.25, -0.2) is 9.78 Å². The second kappa shape index (κ2) is 7.55. The van der Waals surface area contributed by atoms with Crippen LogP contribution in [0.25, 0.3) is 0 Å². The first-order chi connectivity index (χ1) is 11.4. The molecule has 0 radical (unpaired) electrons. The third-order valence-electron chi connectivity index (χ3n) is 3.04. The number of benzene rings is 1. The van der Waals surface area contributed by atoms with Crippen molar-refractivity contribution in [3.8, 4) is 0 Å². The molecule has 0 unspecified atom stereocenters. The van der Waals surface area contributed by atoms with Gasteiger partial charge in [0.25, 0.3) is 5.69 Å². The molecule has 0 bridgehead atoms. The number of pyridine rings is 1. The summed E-state index contributed by atoms with van der Waals surface area (Å²) in [5.41, 5.74) is 1.13. The molecule has 24 heavy (non-hydrogen) atoms. The standard InChI is InChI=1S/C15H13N3O5S/c1-9-2-3-10(15(20)21)6-12(9)17-13(19)8-24-14-5-4-11(7-16-14)18(22)23/h2-7H,8H2,1H3,(H,17,19)(H,20,21). The number of rotatable bonds is 6. The third-order valence-corrected chi connectivity index (χ3v) is 3.99. The molecule has 1 aromatic carbocycles. The largest absolute Gasteiger partial charge is 0.478 e. The number of thioether (sulfide) groups is 1. The highest BCUT2D eigenvalue weighted by atomic mass is 32.2. The Labute approximate surface area is 141 Å². The van der Waals surface area contributed by atoms with Crippen LogP contribution in [-0.2, 0) is 4.79 Å². The molecule has 0 atom stereocenters. The van der Waals surface area contributed by atoms with E-state index in [9.17, 15) is 19.7 Å². The lowest BCUT2D eigenvalue weighted by Gasteiger charge is -2.09. The van der Waals surface area contributed by atoms with Crippen molar-refractivity contribution < 1.29 is 19.6 Å². The van der Waals surface area contributed by atoms with Gasteiger partial charge in [0.1, 0.15) is 6.20 Å². The molecular weight excluding hydrogens is 334 g/mol. The predicted octanol–water partition coefficient (Wildman–Crippen LogP) is 2.73. The molecule has 2 rings (SSSR count). The number of carboxylic acids is 1. The van der Waals surface area contributed by atoms with Crippen molar-refractivity contribution >= 4 is 35.0 Å². The number of aryl methyl sites for hydroxylation is 1. The first-order valence-corrected chi connectivity index (χ1v) is 7.72. The Kier molecular flexibility index (Phi) is 5.48. The predicted molar refractivity (Wildman–Crippen MR) is 88.4 cm³/mol. The molecule has 1 aromatic heterocycles. The number of nitrogens with zero attached hydrogens (tertiary/aromatic N) is 2. The SMILES string of the molecule is Cc1ccc(C(=O)O)cc1NC(=O)CSc1ccc([N+](=O)[O-])cn1. The molecule has 1 amide bonds. The Balaban J connectivity index is 1.97. The van der Waals surface area contributed by atoms with Gasteiger partial charge in [-0.05, 0) is 30.7 Å². The minimum atomic E-state index is -1.07. The van der Waals surface area contributed by atoms with E-state index in [1.807, 2.05) is 0 Å². The molecular formula is C15H13N3O5S. The highest BCUT2D eigenvalue weighted by Crippen LogP contribution is 2.20. The molecule has 124 valence electrons. The molecule has 0 aliphatic carbocycles. The molecule has 0 saturated heterocycles. The van der Waals surface area contributed by atoms with Crippen LogP contribution in [0.1, 0.15) is 15.9 Å². The lowest BCUT2D eigenvalue weighted by molar-refractivity contribution is -0.385. The normalized spacial score (nSPS) is 10.2. The zero-order valence-electron chi connectivity index (χ0n) is 12.6. The summed E-state index contributed by atoms with van der Waals surface area (Å²) < 4.78 is 0. The maximum absolute atomic E-state index is 12.0. The van der Waals surface area contributed by atoms with Gasteiger partial charge in [0.15, 0.2) is 0 Å². The van der Waals surface area contributed by atoms with Crippen molar-refractivity contribution in [2.45, 2.75) is 11.9 Å². The molecule has 8 nitrogen and oxygen atoms in total. The number of carboxylic acid groups (broad SMARTS) is 1. The lowest BCUT2D eigenvalue weighted by atomic mass is 10.1. The van der Waals surface area contributed by atoms with Gasteiger partial charge in [0.2, 0.25) is 5.91 Å².